The lowest BCUT2D eigenvalue weighted by Crippen LogP contribution is -2.10. The molecule has 0 aromatic heterocycles. The van der Waals surface area contributed by atoms with Gasteiger partial charge in [0.2, 0.25) is 0 Å². The van der Waals surface area contributed by atoms with Crippen molar-refractivity contribution in [3.63, 3.8) is 0 Å². The Morgan fingerprint density at radius 3 is 2.36 bits per heavy atom. The Morgan fingerprint density at radius 2 is 1.93 bits per heavy atom. The Hall–Kier alpha value is -0.740. The van der Waals surface area contributed by atoms with E-state index in [4.69, 9.17) is 17.3 Å². The predicted octanol–water partition coefficient (Wildman–Crippen LogP) is 3.38. The van der Waals surface area contributed by atoms with Crippen LogP contribution in [0, 0.1) is 0 Å². The first-order valence-corrected chi connectivity index (χ1v) is 4.32. The second-order valence-electron chi connectivity index (χ2n) is 3.03. The van der Waals surface area contributed by atoms with Crippen LogP contribution in [0.25, 0.3) is 0 Å². The smallest absolute Gasteiger partial charge is 0.324 e. The molecule has 0 heterocycles. The molecule has 0 fully saturated rings. The van der Waals surface area contributed by atoms with Crippen LogP contribution in [0.1, 0.15) is 24.1 Å². The maximum atomic E-state index is 12.4. The first-order chi connectivity index (χ1) is 6.32. The summed E-state index contributed by atoms with van der Waals surface area (Å²) in [5.41, 5.74) is 5.04. The van der Waals surface area contributed by atoms with Gasteiger partial charge in [-0.15, -0.1) is 0 Å². The zero-order chi connectivity index (χ0) is 10.9. The molecule has 0 saturated heterocycles. The van der Waals surface area contributed by atoms with Crippen LogP contribution in [0.15, 0.2) is 18.2 Å². The number of hydrogen-bond acceptors (Lipinski definition) is 1. The van der Waals surface area contributed by atoms with Gasteiger partial charge in [0.1, 0.15) is 0 Å². The SMILES string of the molecule is C[C@H](N)c1ccc(Cl)c(C(F)(F)F)c1. The topological polar surface area (TPSA) is 26.0 Å². The van der Waals surface area contributed by atoms with Crippen molar-refractivity contribution in [2.75, 3.05) is 0 Å². The highest BCUT2D eigenvalue weighted by Crippen LogP contribution is 2.35. The molecule has 5 heteroatoms. The number of nitrogens with two attached hydrogens (primary N) is 1. The van der Waals surface area contributed by atoms with E-state index in [1.807, 2.05) is 0 Å². The quantitative estimate of drug-likeness (QED) is 0.776. The fraction of sp³-hybridized carbons (Fsp3) is 0.333. The summed E-state index contributed by atoms with van der Waals surface area (Å²) in [6, 6.07) is 3.24. The summed E-state index contributed by atoms with van der Waals surface area (Å²) in [5.74, 6) is 0. The molecule has 0 radical (unpaired) electrons. The summed E-state index contributed by atoms with van der Waals surface area (Å²) >= 11 is 5.42. The van der Waals surface area contributed by atoms with Gasteiger partial charge in [0.05, 0.1) is 10.6 Å². The molecule has 0 spiro atoms. The van der Waals surface area contributed by atoms with Gasteiger partial charge in [0, 0.05) is 6.04 Å². The van der Waals surface area contributed by atoms with Crippen molar-refractivity contribution >= 4 is 11.6 Å². The maximum Gasteiger partial charge on any atom is 0.417 e. The Labute approximate surface area is 84.7 Å². The lowest BCUT2D eigenvalue weighted by Gasteiger charge is -2.12. The van der Waals surface area contributed by atoms with E-state index in [9.17, 15) is 13.2 Å². The van der Waals surface area contributed by atoms with Crippen LogP contribution in [-0.4, -0.2) is 0 Å². The van der Waals surface area contributed by atoms with Crippen molar-refractivity contribution < 1.29 is 13.2 Å². The summed E-state index contributed by atoms with van der Waals surface area (Å²) in [5, 5.41) is -0.304. The van der Waals surface area contributed by atoms with Crippen molar-refractivity contribution in [1.29, 1.82) is 0 Å². The molecule has 0 saturated carbocycles. The van der Waals surface area contributed by atoms with E-state index < -0.39 is 17.8 Å². The van der Waals surface area contributed by atoms with Gasteiger partial charge >= 0.3 is 6.18 Å². The number of halogens is 4. The normalized spacial score (nSPS) is 14.1. The summed E-state index contributed by atoms with van der Waals surface area (Å²) in [6.45, 7) is 1.61. The van der Waals surface area contributed by atoms with E-state index in [-0.39, 0.29) is 5.02 Å². The molecule has 1 aromatic carbocycles. The standard InChI is InChI=1S/C9H9ClF3N/c1-5(14)6-2-3-8(10)7(4-6)9(11,12)13/h2-5H,14H2,1H3/t5-/m0/s1. The van der Waals surface area contributed by atoms with Crippen LogP contribution in [0.4, 0.5) is 13.2 Å². The Morgan fingerprint density at radius 1 is 1.36 bits per heavy atom. The van der Waals surface area contributed by atoms with Crippen molar-refractivity contribution in [1.82, 2.24) is 0 Å². The first kappa shape index (κ1) is 11.3. The minimum atomic E-state index is -4.43. The van der Waals surface area contributed by atoms with Gasteiger partial charge in [-0.1, -0.05) is 17.7 Å². The van der Waals surface area contributed by atoms with E-state index in [0.717, 1.165) is 6.07 Å². The number of benzene rings is 1. The Balaban J connectivity index is 3.22. The maximum absolute atomic E-state index is 12.4. The van der Waals surface area contributed by atoms with Gasteiger partial charge in [-0.2, -0.15) is 13.2 Å². The molecule has 1 nitrogen and oxygen atoms in total. The molecule has 1 rings (SSSR count). The molecule has 1 atom stereocenters. The van der Waals surface area contributed by atoms with Crippen LogP contribution in [-0.2, 0) is 6.18 Å². The van der Waals surface area contributed by atoms with Crippen molar-refractivity contribution in [2.24, 2.45) is 5.73 Å². The highest BCUT2D eigenvalue weighted by Gasteiger charge is 2.33. The fourth-order valence-corrected chi connectivity index (χ4v) is 1.27. The van der Waals surface area contributed by atoms with Gasteiger partial charge in [0.25, 0.3) is 0 Å². The van der Waals surface area contributed by atoms with E-state index >= 15 is 0 Å². The van der Waals surface area contributed by atoms with Crippen LogP contribution < -0.4 is 5.73 Å². The molecule has 78 valence electrons. The molecule has 0 bridgehead atoms. The predicted molar refractivity (Wildman–Crippen MR) is 49.1 cm³/mol. The largest absolute Gasteiger partial charge is 0.417 e. The first-order valence-electron chi connectivity index (χ1n) is 3.94. The van der Waals surface area contributed by atoms with Crippen LogP contribution in [0.3, 0.4) is 0 Å². The summed E-state index contributed by atoms with van der Waals surface area (Å²) in [6.07, 6.45) is -4.43. The highest BCUT2D eigenvalue weighted by molar-refractivity contribution is 6.31. The zero-order valence-corrected chi connectivity index (χ0v) is 8.15. The monoisotopic (exact) mass is 223 g/mol. The van der Waals surface area contributed by atoms with E-state index in [1.165, 1.54) is 12.1 Å². The van der Waals surface area contributed by atoms with Gasteiger partial charge in [-0.3, -0.25) is 0 Å². The summed E-state index contributed by atoms with van der Waals surface area (Å²) < 4.78 is 37.1. The molecule has 0 aliphatic carbocycles. The summed E-state index contributed by atoms with van der Waals surface area (Å²) in [7, 11) is 0. The highest BCUT2D eigenvalue weighted by atomic mass is 35.5. The van der Waals surface area contributed by atoms with Crippen LogP contribution in [0.2, 0.25) is 5.02 Å². The minimum Gasteiger partial charge on any atom is -0.324 e. The average Bonchev–Trinajstić information content (AvgIpc) is 2.02. The lowest BCUT2D eigenvalue weighted by molar-refractivity contribution is -0.137. The fourth-order valence-electron chi connectivity index (χ4n) is 1.04. The third kappa shape index (κ3) is 2.39. The van der Waals surface area contributed by atoms with Crippen molar-refractivity contribution in [2.45, 2.75) is 19.1 Å². The average molecular weight is 224 g/mol. The Bertz CT molecular complexity index is 333. The summed E-state index contributed by atoms with van der Waals surface area (Å²) in [4.78, 5) is 0. The molecule has 0 aliphatic rings. The van der Waals surface area contributed by atoms with Gasteiger partial charge < -0.3 is 5.73 Å². The molecule has 14 heavy (non-hydrogen) atoms. The van der Waals surface area contributed by atoms with E-state index in [2.05, 4.69) is 0 Å². The van der Waals surface area contributed by atoms with E-state index in [0.29, 0.717) is 5.56 Å². The number of rotatable bonds is 1. The van der Waals surface area contributed by atoms with E-state index in [1.54, 1.807) is 6.92 Å². The second-order valence-corrected chi connectivity index (χ2v) is 3.43. The second kappa shape index (κ2) is 3.79. The van der Waals surface area contributed by atoms with Crippen LogP contribution in [0.5, 0.6) is 0 Å². The van der Waals surface area contributed by atoms with Gasteiger partial charge in [-0.25, -0.2) is 0 Å². The number of hydrogen-bond donors (Lipinski definition) is 1. The third-order valence-corrected chi connectivity index (χ3v) is 2.15. The number of alkyl halides is 3. The molecule has 1 aromatic rings. The van der Waals surface area contributed by atoms with Gasteiger partial charge in [-0.05, 0) is 24.6 Å². The molecule has 0 amide bonds. The lowest BCUT2D eigenvalue weighted by atomic mass is 10.1. The Kier molecular flexibility index (Phi) is 3.07. The zero-order valence-electron chi connectivity index (χ0n) is 7.40. The van der Waals surface area contributed by atoms with Crippen molar-refractivity contribution in [3.05, 3.63) is 34.3 Å². The molecule has 2 N–H and O–H groups in total. The van der Waals surface area contributed by atoms with Crippen molar-refractivity contribution in [3.8, 4) is 0 Å². The third-order valence-electron chi connectivity index (χ3n) is 1.82. The minimum absolute atomic E-state index is 0.304. The molecular formula is C9H9ClF3N. The van der Waals surface area contributed by atoms with Crippen LogP contribution >= 0.6 is 11.6 Å². The molecular weight excluding hydrogens is 215 g/mol. The molecule has 0 aliphatic heterocycles. The van der Waals surface area contributed by atoms with Gasteiger partial charge in [0.15, 0.2) is 0 Å². The molecule has 0 unspecified atom stereocenters.